The number of carbonyl (C=O) groups excluding carboxylic acids is 4. The monoisotopic (exact) mass is 408 g/mol. The minimum atomic E-state index is -1.23. The molecule has 1 aliphatic heterocycles. The maximum Gasteiger partial charge on any atom is 0.347 e. The zero-order valence-corrected chi connectivity index (χ0v) is 17.0. The van der Waals surface area contributed by atoms with E-state index in [0.29, 0.717) is 0 Å². The summed E-state index contributed by atoms with van der Waals surface area (Å²) in [6, 6.07) is 0. The van der Waals surface area contributed by atoms with Crippen molar-refractivity contribution in [1.29, 1.82) is 0 Å². The summed E-state index contributed by atoms with van der Waals surface area (Å²) < 4.78 is 18.7. The van der Waals surface area contributed by atoms with Crippen molar-refractivity contribution >= 4 is 29.7 Å². The summed E-state index contributed by atoms with van der Waals surface area (Å²) in [5.41, 5.74) is 0. The zero-order chi connectivity index (χ0) is 22.6. The molecule has 0 spiro atoms. The average molecular weight is 408 g/mol. The summed E-state index contributed by atoms with van der Waals surface area (Å²) in [4.78, 5) is 52.4. The molecule has 5 atom stereocenters. The number of methoxy groups -OCH3 is 1. The number of Topliss-reactive ketones (excluding diaryl/α,β-unsaturated/α-hetero) is 1. The lowest BCUT2D eigenvalue weighted by Gasteiger charge is -2.22. The number of ether oxygens (including phenoxy) is 4. The number of aliphatic carboxylic acids is 1. The Balaban J connectivity index is 0. The van der Waals surface area contributed by atoms with E-state index in [1.54, 1.807) is 6.92 Å². The van der Waals surface area contributed by atoms with Gasteiger partial charge in [-0.15, -0.1) is 0 Å². The summed E-state index contributed by atoms with van der Waals surface area (Å²) in [5.74, 6) is -2.83. The molecule has 0 aromatic heterocycles. The lowest BCUT2D eigenvalue weighted by atomic mass is 10.3. The van der Waals surface area contributed by atoms with Crippen LogP contribution in [0.4, 0.5) is 0 Å². The summed E-state index contributed by atoms with van der Waals surface area (Å²) in [6.07, 6.45) is -4.03. The van der Waals surface area contributed by atoms with Crippen molar-refractivity contribution in [1.82, 2.24) is 0 Å². The summed E-state index contributed by atoms with van der Waals surface area (Å²) in [6.45, 7) is 8.62. The van der Waals surface area contributed by atoms with Gasteiger partial charge >= 0.3 is 23.9 Å². The molecule has 0 unspecified atom stereocenters. The summed E-state index contributed by atoms with van der Waals surface area (Å²) in [7, 11) is 1.41. The minimum absolute atomic E-state index is 0.174. The van der Waals surface area contributed by atoms with Gasteiger partial charge in [0.15, 0.2) is 30.2 Å². The molecule has 1 rings (SSSR count). The van der Waals surface area contributed by atoms with Crippen LogP contribution < -0.4 is 0 Å². The van der Waals surface area contributed by atoms with Crippen LogP contribution in [-0.2, 0) is 42.9 Å². The van der Waals surface area contributed by atoms with Gasteiger partial charge in [0.2, 0.25) is 0 Å². The number of ketones is 1. The average Bonchev–Trinajstić information content (AvgIpc) is 2.60. The number of carboxylic acid groups (broad SMARTS) is 1. The van der Waals surface area contributed by atoms with E-state index in [1.807, 2.05) is 0 Å². The number of aliphatic hydroxyl groups is 1. The molecule has 0 aromatic rings. The Hall–Kier alpha value is -2.53. The standard InChI is InChI=1S/C8H14O4.C6H8O4.C3H6O3/c1-5(9)6(2)12-8(10)7(3)11-4;1-3-5(7)10-4(2)6(8)9-3;1-2(4)3(5)6/h6-7H,1-4H3;3-4H,1-2H3;2,4H,1H3,(H,5,6)/t6-,7-;3-,4-;2-/m000/s1. The van der Waals surface area contributed by atoms with E-state index >= 15 is 0 Å². The van der Waals surface area contributed by atoms with Gasteiger partial charge < -0.3 is 29.2 Å². The second kappa shape index (κ2) is 13.6. The zero-order valence-electron chi connectivity index (χ0n) is 17.0. The molecule has 2 N–H and O–H groups in total. The van der Waals surface area contributed by atoms with Crippen molar-refractivity contribution in [2.75, 3.05) is 7.11 Å². The predicted octanol–water partition coefficient (Wildman–Crippen LogP) is -0.143. The summed E-state index contributed by atoms with van der Waals surface area (Å²) >= 11 is 0. The fourth-order valence-electron chi connectivity index (χ4n) is 1.09. The molecule has 0 aliphatic carbocycles. The fourth-order valence-corrected chi connectivity index (χ4v) is 1.09. The van der Waals surface area contributed by atoms with Crippen molar-refractivity contribution < 1.29 is 53.1 Å². The van der Waals surface area contributed by atoms with E-state index in [2.05, 4.69) is 9.47 Å². The van der Waals surface area contributed by atoms with Crippen LogP contribution in [0.25, 0.3) is 0 Å². The van der Waals surface area contributed by atoms with Crippen molar-refractivity contribution in [3.05, 3.63) is 0 Å². The lowest BCUT2D eigenvalue weighted by Crippen LogP contribution is -2.40. The molecule has 28 heavy (non-hydrogen) atoms. The van der Waals surface area contributed by atoms with Gasteiger partial charge in [0.05, 0.1) is 0 Å². The topological polar surface area (TPSA) is 163 Å². The molecule has 0 saturated carbocycles. The second-order valence-electron chi connectivity index (χ2n) is 5.74. The third-order valence-electron chi connectivity index (χ3n) is 3.16. The molecule has 11 heteroatoms. The van der Waals surface area contributed by atoms with E-state index in [1.165, 1.54) is 41.7 Å². The molecule has 0 radical (unpaired) electrons. The molecule has 0 bridgehead atoms. The largest absolute Gasteiger partial charge is 0.479 e. The Morgan fingerprint density at radius 1 is 0.964 bits per heavy atom. The number of esters is 3. The van der Waals surface area contributed by atoms with Crippen LogP contribution >= 0.6 is 0 Å². The first-order valence-corrected chi connectivity index (χ1v) is 8.30. The molecular weight excluding hydrogens is 380 g/mol. The number of hydrogen-bond acceptors (Lipinski definition) is 10. The lowest BCUT2D eigenvalue weighted by molar-refractivity contribution is -0.191. The number of carboxylic acids is 1. The van der Waals surface area contributed by atoms with Crippen molar-refractivity contribution in [2.45, 2.75) is 72.1 Å². The number of aliphatic hydroxyl groups excluding tert-OH is 1. The van der Waals surface area contributed by atoms with E-state index in [4.69, 9.17) is 19.7 Å². The molecule has 1 saturated heterocycles. The molecule has 1 fully saturated rings. The maximum atomic E-state index is 11.0. The van der Waals surface area contributed by atoms with Crippen LogP contribution in [-0.4, -0.2) is 77.5 Å². The van der Waals surface area contributed by atoms with E-state index in [9.17, 15) is 24.0 Å². The van der Waals surface area contributed by atoms with Crippen molar-refractivity contribution in [3.8, 4) is 0 Å². The molecule has 162 valence electrons. The SMILES string of the molecule is CO[C@@H](C)C(=O)O[C@@H](C)C(C)=O.C[C@@H]1OC(=O)[C@H](C)OC1=O.C[C@H](O)C(=O)O. The summed E-state index contributed by atoms with van der Waals surface area (Å²) in [5, 5.41) is 15.8. The smallest absolute Gasteiger partial charge is 0.347 e. The van der Waals surface area contributed by atoms with Gasteiger partial charge in [-0.05, 0) is 41.5 Å². The molecule has 0 aromatic carbocycles. The van der Waals surface area contributed by atoms with Crippen LogP contribution in [0.15, 0.2) is 0 Å². The number of rotatable bonds is 5. The third kappa shape index (κ3) is 12.0. The van der Waals surface area contributed by atoms with Gasteiger partial charge in [-0.25, -0.2) is 19.2 Å². The number of carbonyl (C=O) groups is 5. The van der Waals surface area contributed by atoms with Gasteiger partial charge in [-0.1, -0.05) is 0 Å². The highest BCUT2D eigenvalue weighted by molar-refractivity contribution is 5.86. The normalized spacial score (nSPS) is 21.1. The molecule has 1 heterocycles. The quantitative estimate of drug-likeness (QED) is 0.459. The van der Waals surface area contributed by atoms with E-state index < -0.39 is 54.4 Å². The Bertz CT molecular complexity index is 535. The first-order chi connectivity index (χ1) is 12.7. The molecular formula is C17H28O11. The van der Waals surface area contributed by atoms with Crippen molar-refractivity contribution in [2.24, 2.45) is 0 Å². The molecule has 11 nitrogen and oxygen atoms in total. The van der Waals surface area contributed by atoms with Crippen molar-refractivity contribution in [3.63, 3.8) is 0 Å². The Morgan fingerprint density at radius 3 is 1.57 bits per heavy atom. The van der Waals surface area contributed by atoms with Gasteiger partial charge in [-0.2, -0.15) is 0 Å². The van der Waals surface area contributed by atoms with Crippen LogP contribution in [0.5, 0.6) is 0 Å². The highest BCUT2D eigenvalue weighted by Crippen LogP contribution is 2.08. The molecule has 1 aliphatic rings. The van der Waals surface area contributed by atoms with Gasteiger partial charge in [0.1, 0.15) is 6.10 Å². The Labute approximate surface area is 162 Å². The van der Waals surface area contributed by atoms with Gasteiger partial charge in [-0.3, -0.25) is 4.79 Å². The van der Waals surface area contributed by atoms with Gasteiger partial charge in [0.25, 0.3) is 0 Å². The van der Waals surface area contributed by atoms with Crippen LogP contribution in [0.2, 0.25) is 0 Å². The van der Waals surface area contributed by atoms with Gasteiger partial charge in [0, 0.05) is 7.11 Å². The first kappa shape index (κ1) is 27.7. The number of hydrogen-bond donors (Lipinski definition) is 2. The minimum Gasteiger partial charge on any atom is -0.479 e. The van der Waals surface area contributed by atoms with Crippen LogP contribution in [0.1, 0.15) is 41.5 Å². The van der Waals surface area contributed by atoms with Crippen LogP contribution in [0.3, 0.4) is 0 Å². The highest BCUT2D eigenvalue weighted by atomic mass is 16.6. The molecule has 0 amide bonds. The van der Waals surface area contributed by atoms with Crippen LogP contribution in [0, 0.1) is 0 Å². The highest BCUT2D eigenvalue weighted by Gasteiger charge is 2.32. The van der Waals surface area contributed by atoms with E-state index in [0.717, 1.165) is 0 Å². The Morgan fingerprint density at radius 2 is 1.32 bits per heavy atom. The first-order valence-electron chi connectivity index (χ1n) is 8.30. The van der Waals surface area contributed by atoms with E-state index in [-0.39, 0.29) is 5.78 Å². The fraction of sp³-hybridized carbons (Fsp3) is 0.706. The Kier molecular flexibility index (Phi) is 13.5. The number of cyclic esters (lactones) is 2. The third-order valence-corrected chi connectivity index (χ3v) is 3.16. The predicted molar refractivity (Wildman–Crippen MR) is 93.1 cm³/mol. The maximum absolute atomic E-state index is 11.0. The second-order valence-corrected chi connectivity index (χ2v) is 5.74.